The summed E-state index contributed by atoms with van der Waals surface area (Å²) in [7, 11) is 0. The van der Waals surface area contributed by atoms with Crippen LogP contribution in [0.25, 0.3) is 0 Å². The Balaban J connectivity index is 1.92. The van der Waals surface area contributed by atoms with Crippen molar-refractivity contribution in [1.29, 1.82) is 5.26 Å². The van der Waals surface area contributed by atoms with E-state index in [0.717, 1.165) is 25.7 Å². The molecule has 0 aromatic carbocycles. The van der Waals surface area contributed by atoms with Gasteiger partial charge in [-0.2, -0.15) is 20.6 Å². The fourth-order valence-corrected chi connectivity index (χ4v) is 2.91. The molecule has 1 aliphatic rings. The van der Waals surface area contributed by atoms with E-state index in [1.807, 2.05) is 0 Å². The highest BCUT2D eigenvalue weighted by atomic mass is 16.1. The third-order valence-electron chi connectivity index (χ3n) is 4.08. The van der Waals surface area contributed by atoms with Gasteiger partial charge in [0.25, 0.3) is 5.91 Å². The zero-order chi connectivity index (χ0) is 16.2. The van der Waals surface area contributed by atoms with Crippen molar-refractivity contribution in [2.75, 3.05) is 5.32 Å². The topological polar surface area (TPSA) is 123 Å². The van der Waals surface area contributed by atoms with Gasteiger partial charge in [0.05, 0.1) is 36.1 Å². The highest BCUT2D eigenvalue weighted by Gasteiger charge is 2.28. The largest absolute Gasteiger partial charge is 0.365 e. The first-order chi connectivity index (χ1) is 11.2. The molecule has 3 N–H and O–H groups in total. The Morgan fingerprint density at radius 2 is 2.22 bits per heavy atom. The minimum Gasteiger partial charge on any atom is -0.365 e. The monoisotopic (exact) mass is 311 g/mol. The van der Waals surface area contributed by atoms with Crippen molar-refractivity contribution in [3.05, 3.63) is 30.2 Å². The molecule has 0 bridgehead atoms. The molecular weight excluding hydrogens is 294 g/mol. The second kappa shape index (κ2) is 6.44. The van der Waals surface area contributed by atoms with Gasteiger partial charge in [-0.15, -0.1) is 0 Å². The van der Waals surface area contributed by atoms with Crippen molar-refractivity contribution in [3.8, 4) is 6.07 Å². The minimum absolute atomic E-state index is 0.0297. The average Bonchev–Trinajstić information content (AvgIpc) is 2.99. The number of primary amides is 1. The van der Waals surface area contributed by atoms with Gasteiger partial charge in [-0.1, -0.05) is 12.8 Å². The van der Waals surface area contributed by atoms with Crippen LogP contribution < -0.4 is 11.1 Å². The van der Waals surface area contributed by atoms with Crippen molar-refractivity contribution in [2.45, 2.75) is 31.7 Å². The average molecular weight is 311 g/mol. The van der Waals surface area contributed by atoms with Gasteiger partial charge < -0.3 is 11.1 Å². The van der Waals surface area contributed by atoms with Crippen LogP contribution in [0.3, 0.4) is 0 Å². The minimum atomic E-state index is -0.565. The summed E-state index contributed by atoms with van der Waals surface area (Å²) in [4.78, 5) is 11.7. The first-order valence-electron chi connectivity index (χ1n) is 7.51. The van der Waals surface area contributed by atoms with E-state index in [1.54, 1.807) is 16.9 Å². The smallest absolute Gasteiger partial charge is 0.254 e. The van der Waals surface area contributed by atoms with Crippen LogP contribution in [-0.4, -0.2) is 25.9 Å². The number of hydrogen-bond acceptors (Lipinski definition) is 6. The van der Waals surface area contributed by atoms with Crippen molar-refractivity contribution in [1.82, 2.24) is 20.0 Å². The molecule has 1 saturated carbocycles. The molecule has 1 aliphatic carbocycles. The first-order valence-corrected chi connectivity index (χ1v) is 7.51. The summed E-state index contributed by atoms with van der Waals surface area (Å²) in [6.45, 7) is 0. The number of anilines is 2. The van der Waals surface area contributed by atoms with Crippen LogP contribution in [0.4, 0.5) is 11.5 Å². The first kappa shape index (κ1) is 15.0. The summed E-state index contributed by atoms with van der Waals surface area (Å²) < 4.78 is 1.70. The normalized spacial score (nSPS) is 20.7. The third-order valence-corrected chi connectivity index (χ3v) is 4.08. The van der Waals surface area contributed by atoms with E-state index in [4.69, 9.17) is 5.73 Å². The molecular formula is C15H17N7O. The molecule has 2 atom stereocenters. The van der Waals surface area contributed by atoms with E-state index in [0.29, 0.717) is 17.1 Å². The Morgan fingerprint density at radius 1 is 1.39 bits per heavy atom. The summed E-state index contributed by atoms with van der Waals surface area (Å²) >= 11 is 0. The molecule has 8 heteroatoms. The van der Waals surface area contributed by atoms with Gasteiger partial charge in [-0.25, -0.2) is 0 Å². The molecule has 1 fully saturated rings. The quantitative estimate of drug-likeness (QED) is 0.887. The van der Waals surface area contributed by atoms with E-state index < -0.39 is 5.91 Å². The Hall–Kier alpha value is -2.95. The summed E-state index contributed by atoms with van der Waals surface area (Å²) in [6.07, 6.45) is 8.51. The van der Waals surface area contributed by atoms with Gasteiger partial charge in [0, 0.05) is 6.20 Å². The highest BCUT2D eigenvalue weighted by Crippen LogP contribution is 2.34. The summed E-state index contributed by atoms with van der Waals surface area (Å²) in [5, 5.41) is 24.3. The summed E-state index contributed by atoms with van der Waals surface area (Å²) in [5.74, 6) is -0.294. The molecule has 1 amide bonds. The Kier molecular flexibility index (Phi) is 4.19. The molecule has 2 aromatic rings. The standard InChI is InChI=1S/C15H17N7O/c16-7-10-3-1-2-4-13(10)22-9-12(14(17)23)15(21-22)20-11-5-6-18-19-8-11/h5-6,8-10,13H,1-4H2,(H2,17,23)(H,18,20,21)/t10-,13+/m1/s1. The van der Waals surface area contributed by atoms with E-state index in [-0.39, 0.29) is 12.0 Å². The summed E-state index contributed by atoms with van der Waals surface area (Å²) in [6, 6.07) is 4.03. The van der Waals surface area contributed by atoms with Crippen LogP contribution in [0, 0.1) is 17.2 Å². The molecule has 2 aromatic heterocycles. The molecule has 2 heterocycles. The number of nitrogens with one attached hydrogen (secondary N) is 1. The zero-order valence-corrected chi connectivity index (χ0v) is 12.5. The lowest BCUT2D eigenvalue weighted by molar-refractivity contribution is 0.100. The molecule has 0 radical (unpaired) electrons. The van der Waals surface area contributed by atoms with Crippen molar-refractivity contribution in [3.63, 3.8) is 0 Å². The number of nitrogens with zero attached hydrogens (tertiary/aromatic N) is 5. The molecule has 0 spiro atoms. The predicted molar refractivity (Wildman–Crippen MR) is 82.7 cm³/mol. The van der Waals surface area contributed by atoms with Gasteiger partial charge in [0.1, 0.15) is 5.56 Å². The number of rotatable bonds is 4. The van der Waals surface area contributed by atoms with Crippen molar-refractivity contribution in [2.24, 2.45) is 11.7 Å². The SMILES string of the molecule is N#C[C@H]1CCCC[C@@H]1n1cc(C(N)=O)c(Nc2ccnnc2)n1. The molecule has 0 unspecified atom stereocenters. The van der Waals surface area contributed by atoms with Crippen LogP contribution in [0.15, 0.2) is 24.7 Å². The van der Waals surface area contributed by atoms with Crippen LogP contribution >= 0.6 is 0 Å². The van der Waals surface area contributed by atoms with Gasteiger partial charge in [0.2, 0.25) is 0 Å². The summed E-state index contributed by atoms with van der Waals surface area (Å²) in [5.41, 5.74) is 6.41. The van der Waals surface area contributed by atoms with Crippen LogP contribution in [0.1, 0.15) is 42.1 Å². The van der Waals surface area contributed by atoms with E-state index in [9.17, 15) is 10.1 Å². The predicted octanol–water partition coefficient (Wildman–Crippen LogP) is 1.77. The van der Waals surface area contributed by atoms with E-state index in [1.165, 1.54) is 12.4 Å². The fraction of sp³-hybridized carbons (Fsp3) is 0.400. The number of carbonyl (C=O) groups is 1. The second-order valence-electron chi connectivity index (χ2n) is 5.58. The number of hydrogen-bond donors (Lipinski definition) is 2. The molecule has 0 saturated heterocycles. The van der Waals surface area contributed by atoms with Gasteiger partial charge in [-0.3, -0.25) is 9.48 Å². The second-order valence-corrected chi connectivity index (χ2v) is 5.58. The Morgan fingerprint density at radius 3 is 2.91 bits per heavy atom. The molecule has 0 aliphatic heterocycles. The number of amides is 1. The molecule has 8 nitrogen and oxygen atoms in total. The number of nitriles is 1. The van der Waals surface area contributed by atoms with Gasteiger partial charge in [-0.05, 0) is 18.9 Å². The van der Waals surface area contributed by atoms with Crippen LogP contribution in [-0.2, 0) is 0 Å². The molecule has 118 valence electrons. The van der Waals surface area contributed by atoms with Crippen molar-refractivity contribution >= 4 is 17.4 Å². The fourth-order valence-electron chi connectivity index (χ4n) is 2.91. The Labute approximate surface area is 133 Å². The zero-order valence-electron chi connectivity index (χ0n) is 12.5. The van der Waals surface area contributed by atoms with Gasteiger partial charge >= 0.3 is 0 Å². The maximum Gasteiger partial charge on any atom is 0.254 e. The highest BCUT2D eigenvalue weighted by molar-refractivity contribution is 5.98. The maximum atomic E-state index is 11.7. The van der Waals surface area contributed by atoms with Crippen LogP contribution in [0.2, 0.25) is 0 Å². The van der Waals surface area contributed by atoms with E-state index >= 15 is 0 Å². The lowest BCUT2D eigenvalue weighted by Gasteiger charge is -2.26. The third kappa shape index (κ3) is 3.13. The lowest BCUT2D eigenvalue weighted by Crippen LogP contribution is -2.22. The number of nitrogens with two attached hydrogens (primary N) is 1. The Bertz CT molecular complexity index is 734. The van der Waals surface area contributed by atoms with E-state index in [2.05, 4.69) is 26.7 Å². The molecule has 3 rings (SSSR count). The van der Waals surface area contributed by atoms with Gasteiger partial charge in [0.15, 0.2) is 5.82 Å². The maximum absolute atomic E-state index is 11.7. The lowest BCUT2D eigenvalue weighted by atomic mass is 9.85. The van der Waals surface area contributed by atoms with Crippen molar-refractivity contribution < 1.29 is 4.79 Å². The van der Waals surface area contributed by atoms with Crippen LogP contribution in [0.5, 0.6) is 0 Å². The number of aromatic nitrogens is 4. The molecule has 23 heavy (non-hydrogen) atoms. The number of carbonyl (C=O) groups excluding carboxylic acids is 1.